The molecule has 0 radical (unpaired) electrons. The quantitative estimate of drug-likeness (QED) is 0.387. The number of carbonyl (C=O) groups is 3. The van der Waals surface area contributed by atoms with E-state index in [0.29, 0.717) is 6.61 Å². The number of anilines is 1. The molecule has 2 aromatic rings. The first kappa shape index (κ1) is 23.0. The van der Waals surface area contributed by atoms with Gasteiger partial charge >= 0.3 is 12.0 Å². The highest BCUT2D eigenvalue weighted by Crippen LogP contribution is 2.44. The Kier molecular flexibility index (Phi) is 6.49. The SMILES string of the molecule is COC(=O)C[C@]12C[C@@H](OCc3ccc(Br)cc3)CN1C(=O)N(c1cc(Cl)cc(Cl)c1)C2=O. The van der Waals surface area contributed by atoms with Crippen LogP contribution in [-0.2, 0) is 25.7 Å². The molecule has 32 heavy (non-hydrogen) atoms. The van der Waals surface area contributed by atoms with Crippen molar-refractivity contribution in [1.29, 1.82) is 0 Å². The van der Waals surface area contributed by atoms with Crippen molar-refractivity contribution in [2.24, 2.45) is 0 Å². The molecule has 2 aliphatic heterocycles. The number of fused-ring (bicyclic) bond motifs is 1. The molecule has 2 atom stereocenters. The molecular formula is C22H19BrCl2N2O5. The maximum absolute atomic E-state index is 13.6. The van der Waals surface area contributed by atoms with Crippen LogP contribution in [0.2, 0.25) is 10.0 Å². The van der Waals surface area contributed by atoms with Crippen molar-refractivity contribution >= 4 is 62.7 Å². The molecule has 2 fully saturated rings. The van der Waals surface area contributed by atoms with Gasteiger partial charge in [-0.15, -0.1) is 0 Å². The molecule has 2 aromatic carbocycles. The van der Waals surface area contributed by atoms with Gasteiger partial charge in [0.2, 0.25) is 0 Å². The molecule has 3 amide bonds. The molecule has 0 N–H and O–H groups in total. The van der Waals surface area contributed by atoms with Crippen molar-refractivity contribution in [2.45, 2.75) is 31.1 Å². The third-order valence-corrected chi connectivity index (χ3v) is 6.63. The highest BCUT2D eigenvalue weighted by atomic mass is 79.9. The number of esters is 1. The predicted octanol–water partition coefficient (Wildman–Crippen LogP) is 4.82. The molecular weight excluding hydrogens is 523 g/mol. The van der Waals surface area contributed by atoms with E-state index >= 15 is 0 Å². The number of amides is 3. The van der Waals surface area contributed by atoms with E-state index in [1.165, 1.54) is 30.2 Å². The first-order chi connectivity index (χ1) is 15.2. The van der Waals surface area contributed by atoms with Crippen LogP contribution in [0.4, 0.5) is 10.5 Å². The van der Waals surface area contributed by atoms with E-state index < -0.39 is 29.6 Å². The van der Waals surface area contributed by atoms with Crippen LogP contribution in [0.25, 0.3) is 0 Å². The summed E-state index contributed by atoms with van der Waals surface area (Å²) in [5.74, 6) is -1.11. The standard InChI is InChI=1S/C22H19BrCl2N2O5/c1-31-19(28)10-22-9-18(32-12-13-2-4-14(23)5-3-13)11-26(22)21(30)27(20(22)29)17-7-15(24)6-16(25)8-17/h2-8,18H,9-12H2,1H3/t18-,22+/m1/s1. The van der Waals surface area contributed by atoms with Gasteiger partial charge < -0.3 is 14.4 Å². The van der Waals surface area contributed by atoms with E-state index in [-0.39, 0.29) is 35.1 Å². The van der Waals surface area contributed by atoms with E-state index in [0.717, 1.165) is 14.9 Å². The lowest BCUT2D eigenvalue weighted by Gasteiger charge is -2.26. The number of imide groups is 1. The molecule has 0 bridgehead atoms. The molecule has 2 heterocycles. The molecule has 10 heteroatoms. The van der Waals surface area contributed by atoms with Crippen LogP contribution in [0.3, 0.4) is 0 Å². The predicted molar refractivity (Wildman–Crippen MR) is 123 cm³/mol. The summed E-state index contributed by atoms with van der Waals surface area (Å²) in [7, 11) is 1.25. The number of hydrogen-bond donors (Lipinski definition) is 0. The van der Waals surface area contributed by atoms with Crippen molar-refractivity contribution < 1.29 is 23.9 Å². The van der Waals surface area contributed by atoms with E-state index in [1.54, 1.807) is 0 Å². The van der Waals surface area contributed by atoms with Crippen molar-refractivity contribution in [3.63, 3.8) is 0 Å². The first-order valence-electron chi connectivity index (χ1n) is 9.78. The topological polar surface area (TPSA) is 76.2 Å². The Balaban J connectivity index is 1.60. The van der Waals surface area contributed by atoms with Gasteiger partial charge in [-0.1, -0.05) is 51.3 Å². The Morgan fingerprint density at radius 1 is 1.16 bits per heavy atom. The van der Waals surface area contributed by atoms with Gasteiger partial charge in [0.1, 0.15) is 5.54 Å². The normalized spacial score (nSPS) is 22.4. The summed E-state index contributed by atoms with van der Waals surface area (Å²) in [5, 5.41) is 0.579. The molecule has 0 unspecified atom stereocenters. The van der Waals surface area contributed by atoms with Gasteiger partial charge in [0, 0.05) is 27.5 Å². The van der Waals surface area contributed by atoms with Crippen LogP contribution < -0.4 is 4.90 Å². The van der Waals surface area contributed by atoms with Crippen LogP contribution in [0.15, 0.2) is 46.9 Å². The fourth-order valence-corrected chi connectivity index (χ4v) is 4.94. The van der Waals surface area contributed by atoms with Crippen molar-refractivity contribution in [3.05, 3.63) is 62.5 Å². The highest BCUT2D eigenvalue weighted by molar-refractivity contribution is 9.10. The Morgan fingerprint density at radius 2 is 1.81 bits per heavy atom. The van der Waals surface area contributed by atoms with E-state index in [2.05, 4.69) is 15.9 Å². The van der Waals surface area contributed by atoms with E-state index in [1.807, 2.05) is 24.3 Å². The number of urea groups is 1. The number of nitrogens with zero attached hydrogens (tertiary/aromatic N) is 2. The number of ether oxygens (including phenoxy) is 2. The fourth-order valence-electron chi connectivity index (χ4n) is 4.17. The van der Waals surface area contributed by atoms with Crippen molar-refractivity contribution in [1.82, 2.24) is 4.90 Å². The van der Waals surface area contributed by atoms with Crippen LogP contribution >= 0.6 is 39.1 Å². The minimum atomic E-state index is -1.39. The zero-order chi connectivity index (χ0) is 23.0. The summed E-state index contributed by atoms with van der Waals surface area (Å²) >= 11 is 15.5. The second-order valence-corrected chi connectivity index (χ2v) is 9.50. The Hall–Kier alpha value is -2.13. The first-order valence-corrected chi connectivity index (χ1v) is 11.3. The van der Waals surface area contributed by atoms with Crippen molar-refractivity contribution in [2.75, 3.05) is 18.6 Å². The zero-order valence-electron chi connectivity index (χ0n) is 17.0. The van der Waals surface area contributed by atoms with Crippen LogP contribution in [0, 0.1) is 0 Å². The second-order valence-electron chi connectivity index (χ2n) is 7.71. The Bertz CT molecular complexity index is 1060. The molecule has 7 nitrogen and oxygen atoms in total. The van der Waals surface area contributed by atoms with Crippen LogP contribution in [0.1, 0.15) is 18.4 Å². The Morgan fingerprint density at radius 3 is 2.44 bits per heavy atom. The maximum Gasteiger partial charge on any atom is 0.332 e. The summed E-state index contributed by atoms with van der Waals surface area (Å²) in [4.78, 5) is 41.5. The van der Waals surface area contributed by atoms with Gasteiger partial charge in [-0.2, -0.15) is 0 Å². The summed E-state index contributed by atoms with van der Waals surface area (Å²) in [6, 6.07) is 11.6. The van der Waals surface area contributed by atoms with Crippen molar-refractivity contribution in [3.8, 4) is 0 Å². The van der Waals surface area contributed by atoms with E-state index in [4.69, 9.17) is 32.7 Å². The lowest BCUT2D eigenvalue weighted by molar-refractivity contribution is -0.145. The molecule has 0 aliphatic carbocycles. The minimum absolute atomic E-state index is 0.170. The monoisotopic (exact) mass is 540 g/mol. The van der Waals surface area contributed by atoms with Gasteiger partial charge in [0.15, 0.2) is 0 Å². The molecule has 168 valence electrons. The summed E-state index contributed by atoms with van der Waals surface area (Å²) in [6.45, 7) is 0.485. The number of hydrogen-bond acceptors (Lipinski definition) is 5. The third-order valence-electron chi connectivity index (χ3n) is 5.66. The number of halogens is 3. The number of methoxy groups -OCH3 is 1. The highest BCUT2D eigenvalue weighted by Gasteiger charge is 2.63. The number of carbonyl (C=O) groups excluding carboxylic acids is 3. The molecule has 0 saturated carbocycles. The van der Waals surface area contributed by atoms with Crippen LogP contribution in [0.5, 0.6) is 0 Å². The summed E-state index contributed by atoms with van der Waals surface area (Å²) in [6.07, 6.45) is -0.508. The number of rotatable bonds is 6. The molecule has 0 aromatic heterocycles. The largest absolute Gasteiger partial charge is 0.469 e. The van der Waals surface area contributed by atoms with Gasteiger partial charge in [-0.25, -0.2) is 9.69 Å². The smallest absolute Gasteiger partial charge is 0.332 e. The van der Waals surface area contributed by atoms with Gasteiger partial charge in [-0.3, -0.25) is 9.59 Å². The summed E-state index contributed by atoms with van der Waals surface area (Å²) < 4.78 is 11.8. The van der Waals surface area contributed by atoms with Gasteiger partial charge in [0.25, 0.3) is 5.91 Å². The van der Waals surface area contributed by atoms with E-state index in [9.17, 15) is 14.4 Å². The average Bonchev–Trinajstić information content (AvgIpc) is 3.20. The molecule has 4 rings (SSSR count). The lowest BCUT2D eigenvalue weighted by atomic mass is 9.91. The number of benzene rings is 2. The fraction of sp³-hybridized carbons (Fsp3) is 0.318. The molecule has 2 aliphatic rings. The third kappa shape index (κ3) is 4.24. The zero-order valence-corrected chi connectivity index (χ0v) is 20.1. The lowest BCUT2D eigenvalue weighted by Crippen LogP contribution is -2.47. The maximum atomic E-state index is 13.6. The summed E-state index contributed by atoms with van der Waals surface area (Å²) in [5.41, 5.74) is -0.179. The average molecular weight is 542 g/mol. The van der Waals surface area contributed by atoms with Gasteiger partial charge in [0.05, 0.1) is 31.9 Å². The van der Waals surface area contributed by atoms with Gasteiger partial charge in [-0.05, 0) is 35.9 Å². The minimum Gasteiger partial charge on any atom is -0.469 e. The second kappa shape index (κ2) is 9.02. The molecule has 0 spiro atoms. The Labute approximate surface area is 203 Å². The van der Waals surface area contributed by atoms with Crippen LogP contribution in [-0.4, -0.2) is 48.1 Å². The molecule has 2 saturated heterocycles.